The van der Waals surface area contributed by atoms with E-state index < -0.39 is 6.09 Å². The number of nitrogens with one attached hydrogen (secondary N) is 4. The minimum Gasteiger partial charge on any atom is -0.444 e. The molecular weight excluding hydrogens is 424 g/mol. The van der Waals surface area contributed by atoms with Gasteiger partial charge in [-0.05, 0) is 38.3 Å². The highest BCUT2D eigenvalue weighted by Crippen LogP contribution is 2.35. The molecule has 3 heterocycles. The van der Waals surface area contributed by atoms with Crippen molar-refractivity contribution in [1.82, 2.24) is 20.4 Å². The molecule has 0 unspecified atom stereocenters. The fraction of sp³-hybridized carbons (Fsp3) is 0.522. The number of hydrogen-bond acceptors (Lipinski definition) is 6. The van der Waals surface area contributed by atoms with E-state index in [0.29, 0.717) is 31.9 Å². The van der Waals surface area contributed by atoms with Gasteiger partial charge in [-0.1, -0.05) is 18.2 Å². The molecule has 3 amide bonds. The summed E-state index contributed by atoms with van der Waals surface area (Å²) in [5, 5.41) is 16.3. The van der Waals surface area contributed by atoms with Crippen LogP contribution in [-0.4, -0.2) is 64.6 Å². The number of anilines is 2. The Kier molecular flexibility index (Phi) is 5.84. The van der Waals surface area contributed by atoms with Crippen molar-refractivity contribution in [2.24, 2.45) is 0 Å². The van der Waals surface area contributed by atoms with Gasteiger partial charge in [0, 0.05) is 42.8 Å². The molecule has 3 atom stereocenters. The summed E-state index contributed by atoms with van der Waals surface area (Å²) >= 11 is 0. The third-order valence-corrected chi connectivity index (χ3v) is 6.44. The smallest absolute Gasteiger partial charge is 0.407 e. The van der Waals surface area contributed by atoms with Crippen molar-refractivity contribution in [2.75, 3.05) is 30.3 Å². The largest absolute Gasteiger partial charge is 0.444 e. The third-order valence-electron chi connectivity index (χ3n) is 6.44. The van der Waals surface area contributed by atoms with Crippen molar-refractivity contribution < 1.29 is 19.1 Å². The molecule has 4 N–H and O–H groups in total. The second-order valence-corrected chi connectivity index (χ2v) is 9.35. The Hall–Kier alpha value is -3.27. The summed E-state index contributed by atoms with van der Waals surface area (Å²) in [4.78, 5) is 26.5. The van der Waals surface area contributed by atoms with Crippen LogP contribution in [0.3, 0.4) is 0 Å². The van der Waals surface area contributed by atoms with Crippen LogP contribution in [0.1, 0.15) is 44.4 Å². The van der Waals surface area contributed by atoms with Crippen molar-refractivity contribution in [1.29, 1.82) is 0 Å². The molecule has 2 saturated heterocycles. The number of aromatic nitrogens is 2. The standard InChI is InChI=1S/C23H30N6O4/c1-23(8-9-23)26-22(31)33-17-11-19(32-14-17)18-12-20(28-27-18)25-21(30)29-10-7-16(13-29)24-15-5-3-2-4-6-15/h2-6,12,16-17,19,24H,7-11,13-14H2,1H3,(H,26,31)(H2,25,27,28,30)/t16-,17-,19-/m1/s1. The summed E-state index contributed by atoms with van der Waals surface area (Å²) in [7, 11) is 0. The van der Waals surface area contributed by atoms with E-state index in [0.717, 1.165) is 30.6 Å². The maximum absolute atomic E-state index is 12.7. The van der Waals surface area contributed by atoms with Gasteiger partial charge in [0.15, 0.2) is 5.82 Å². The lowest BCUT2D eigenvalue weighted by molar-refractivity contribution is 0.0675. The van der Waals surface area contributed by atoms with E-state index in [1.165, 1.54) is 0 Å². The van der Waals surface area contributed by atoms with Gasteiger partial charge < -0.3 is 25.0 Å². The maximum atomic E-state index is 12.7. The molecule has 5 rings (SSSR count). The zero-order valence-corrected chi connectivity index (χ0v) is 18.7. The van der Waals surface area contributed by atoms with Crippen LogP contribution in [0.15, 0.2) is 36.4 Å². The third kappa shape index (κ3) is 5.39. The van der Waals surface area contributed by atoms with Gasteiger partial charge in [-0.2, -0.15) is 5.10 Å². The molecule has 3 fully saturated rings. The number of benzene rings is 1. The fourth-order valence-electron chi connectivity index (χ4n) is 4.22. The fourth-order valence-corrected chi connectivity index (χ4v) is 4.22. The monoisotopic (exact) mass is 454 g/mol. The van der Waals surface area contributed by atoms with Crippen LogP contribution in [0.5, 0.6) is 0 Å². The molecule has 2 aromatic rings. The summed E-state index contributed by atoms with van der Waals surface area (Å²) in [6.45, 7) is 3.65. The van der Waals surface area contributed by atoms with Gasteiger partial charge >= 0.3 is 12.1 Å². The van der Waals surface area contributed by atoms with Crippen molar-refractivity contribution in [3.05, 3.63) is 42.1 Å². The normalized spacial score (nSPS) is 25.5. The van der Waals surface area contributed by atoms with Gasteiger partial charge in [0.1, 0.15) is 12.2 Å². The second kappa shape index (κ2) is 8.93. The zero-order chi connectivity index (χ0) is 22.8. The number of carbonyl (C=O) groups is 2. The lowest BCUT2D eigenvalue weighted by Gasteiger charge is -2.17. The topological polar surface area (TPSA) is 121 Å². The molecule has 0 spiro atoms. The van der Waals surface area contributed by atoms with E-state index >= 15 is 0 Å². The van der Waals surface area contributed by atoms with Crippen molar-refractivity contribution in [3.63, 3.8) is 0 Å². The maximum Gasteiger partial charge on any atom is 0.407 e. The van der Waals surface area contributed by atoms with E-state index in [9.17, 15) is 9.59 Å². The van der Waals surface area contributed by atoms with Gasteiger partial charge in [0.05, 0.1) is 12.3 Å². The highest BCUT2D eigenvalue weighted by molar-refractivity contribution is 5.88. The first-order chi connectivity index (χ1) is 16.0. The number of carbonyl (C=O) groups excluding carboxylic acids is 2. The molecule has 0 radical (unpaired) electrons. The molecule has 1 aromatic carbocycles. The minimum absolute atomic E-state index is 0.112. The molecule has 33 heavy (non-hydrogen) atoms. The summed E-state index contributed by atoms with van der Waals surface area (Å²) in [6, 6.07) is 11.8. The summed E-state index contributed by atoms with van der Waals surface area (Å²) < 4.78 is 11.3. The molecule has 0 bridgehead atoms. The van der Waals surface area contributed by atoms with Gasteiger partial charge in [-0.3, -0.25) is 10.4 Å². The molecule has 10 heteroatoms. The van der Waals surface area contributed by atoms with Gasteiger partial charge in [-0.25, -0.2) is 9.59 Å². The van der Waals surface area contributed by atoms with Crippen LogP contribution >= 0.6 is 0 Å². The number of para-hydroxylation sites is 1. The molecule has 1 aromatic heterocycles. The van der Waals surface area contributed by atoms with Crippen LogP contribution in [0.2, 0.25) is 0 Å². The summed E-state index contributed by atoms with van der Waals surface area (Å²) in [5.74, 6) is 0.446. The van der Waals surface area contributed by atoms with Crippen LogP contribution < -0.4 is 16.0 Å². The van der Waals surface area contributed by atoms with E-state index in [2.05, 4.69) is 26.1 Å². The average Bonchev–Trinajstić information content (AvgIpc) is 3.22. The number of rotatable bonds is 6. The zero-order valence-electron chi connectivity index (χ0n) is 18.7. The van der Waals surface area contributed by atoms with Gasteiger partial charge in [-0.15, -0.1) is 0 Å². The van der Waals surface area contributed by atoms with Crippen molar-refractivity contribution >= 4 is 23.6 Å². The van der Waals surface area contributed by atoms with Gasteiger partial charge in [0.2, 0.25) is 0 Å². The highest BCUT2D eigenvalue weighted by Gasteiger charge is 2.40. The lowest BCUT2D eigenvalue weighted by atomic mass is 10.1. The van der Waals surface area contributed by atoms with Crippen LogP contribution in [-0.2, 0) is 9.47 Å². The Balaban J connectivity index is 1.08. The van der Waals surface area contributed by atoms with E-state index in [4.69, 9.17) is 9.47 Å². The van der Waals surface area contributed by atoms with Crippen LogP contribution in [0.25, 0.3) is 0 Å². The number of likely N-dealkylation sites (tertiary alicyclic amines) is 1. The van der Waals surface area contributed by atoms with Gasteiger partial charge in [0.25, 0.3) is 0 Å². The molecule has 1 aliphatic carbocycles. The number of amides is 3. The first kappa shape index (κ1) is 21.6. The molecule has 1 saturated carbocycles. The molecule has 10 nitrogen and oxygen atoms in total. The Morgan fingerprint density at radius 1 is 1.27 bits per heavy atom. The summed E-state index contributed by atoms with van der Waals surface area (Å²) in [6.07, 6.45) is 2.43. The average molecular weight is 455 g/mol. The Morgan fingerprint density at radius 2 is 2.09 bits per heavy atom. The van der Waals surface area contributed by atoms with E-state index in [-0.39, 0.29) is 29.8 Å². The predicted octanol–water partition coefficient (Wildman–Crippen LogP) is 3.24. The SMILES string of the molecule is CC1(NC(=O)O[C@H]2CO[C@@H](c3cc(NC(=O)N4CC[C@@H](Nc5ccccc5)C4)n[nH]3)C2)CC1. The predicted molar refractivity (Wildman–Crippen MR) is 122 cm³/mol. The minimum atomic E-state index is -0.396. The van der Waals surface area contributed by atoms with Crippen LogP contribution in [0.4, 0.5) is 21.1 Å². The number of nitrogens with zero attached hydrogens (tertiary/aromatic N) is 2. The van der Waals surface area contributed by atoms with E-state index in [1.807, 2.05) is 37.3 Å². The first-order valence-electron chi connectivity index (χ1n) is 11.5. The highest BCUT2D eigenvalue weighted by atomic mass is 16.6. The first-order valence-corrected chi connectivity index (χ1v) is 11.5. The Labute approximate surface area is 192 Å². The number of aromatic amines is 1. The Morgan fingerprint density at radius 3 is 2.88 bits per heavy atom. The van der Waals surface area contributed by atoms with E-state index in [1.54, 1.807) is 11.0 Å². The molecule has 3 aliphatic rings. The molecule has 2 aliphatic heterocycles. The number of hydrogen-bond donors (Lipinski definition) is 4. The number of H-pyrrole nitrogens is 1. The van der Waals surface area contributed by atoms with Crippen molar-refractivity contribution in [3.8, 4) is 0 Å². The second-order valence-electron chi connectivity index (χ2n) is 9.35. The Bertz CT molecular complexity index is 992. The molecular formula is C23H30N6O4. The lowest BCUT2D eigenvalue weighted by Crippen LogP contribution is -2.37. The quantitative estimate of drug-likeness (QED) is 0.532. The summed E-state index contributed by atoms with van der Waals surface area (Å²) in [5.41, 5.74) is 1.69. The van der Waals surface area contributed by atoms with Crippen molar-refractivity contribution in [2.45, 2.75) is 56.4 Å². The molecule has 176 valence electrons. The number of ether oxygens (including phenoxy) is 2. The number of urea groups is 1. The van der Waals surface area contributed by atoms with Crippen LogP contribution in [0, 0.1) is 0 Å². The number of alkyl carbamates (subject to hydrolysis) is 1.